The Morgan fingerprint density at radius 3 is 2.87 bits per heavy atom. The van der Waals surface area contributed by atoms with Crippen LogP contribution in [0, 0.1) is 0 Å². The van der Waals surface area contributed by atoms with Gasteiger partial charge in [0.05, 0.1) is 6.10 Å². The number of benzene rings is 1. The average Bonchev–Trinajstić information content (AvgIpc) is 2.74. The topological polar surface area (TPSA) is 84.9 Å². The Morgan fingerprint density at radius 2 is 2.13 bits per heavy atom. The highest BCUT2D eigenvalue weighted by atomic mass is 16.7. The summed E-state index contributed by atoms with van der Waals surface area (Å²) in [7, 11) is 0. The van der Waals surface area contributed by atoms with Gasteiger partial charge in [-0.25, -0.2) is 0 Å². The van der Waals surface area contributed by atoms with Crippen molar-refractivity contribution in [1.29, 1.82) is 0 Å². The lowest BCUT2D eigenvalue weighted by molar-refractivity contribution is 0.0226. The predicted octanol–water partition coefficient (Wildman–Crippen LogP) is -0.232. The Balaban J connectivity index is 2.32. The maximum absolute atomic E-state index is 9.79. The zero-order chi connectivity index (χ0) is 10.8. The minimum Gasteiger partial charge on any atom is -0.454 e. The molecule has 1 aromatic carbocycles. The lowest BCUT2D eigenvalue weighted by atomic mass is 10.0. The van der Waals surface area contributed by atoms with Gasteiger partial charge in [0.1, 0.15) is 6.10 Å². The highest BCUT2D eigenvalue weighted by Gasteiger charge is 2.25. The highest BCUT2D eigenvalue weighted by Crippen LogP contribution is 2.39. The van der Waals surface area contributed by atoms with Crippen molar-refractivity contribution < 1.29 is 19.7 Å². The Labute approximate surface area is 87.0 Å². The van der Waals surface area contributed by atoms with Crippen LogP contribution in [0.4, 0.5) is 0 Å². The van der Waals surface area contributed by atoms with Gasteiger partial charge in [0.25, 0.3) is 0 Å². The molecule has 1 heterocycles. The molecule has 0 amide bonds. The van der Waals surface area contributed by atoms with Crippen molar-refractivity contribution in [2.24, 2.45) is 5.73 Å². The quantitative estimate of drug-likeness (QED) is 0.643. The number of hydrogen-bond donors (Lipinski definition) is 3. The van der Waals surface area contributed by atoms with Crippen molar-refractivity contribution in [1.82, 2.24) is 0 Å². The van der Waals surface area contributed by atoms with E-state index in [1.54, 1.807) is 18.2 Å². The van der Waals surface area contributed by atoms with E-state index in [1.807, 2.05) is 0 Å². The second-order valence-corrected chi connectivity index (χ2v) is 3.33. The Bertz CT molecular complexity index is 355. The molecule has 0 saturated heterocycles. The SMILES string of the molecule is NCC(O)C(O)c1cccc2c1OCO2. The molecule has 0 radical (unpaired) electrons. The van der Waals surface area contributed by atoms with Crippen LogP contribution in [0.2, 0.25) is 0 Å². The second-order valence-electron chi connectivity index (χ2n) is 3.33. The van der Waals surface area contributed by atoms with Gasteiger partial charge < -0.3 is 25.4 Å². The molecule has 1 aliphatic heterocycles. The van der Waals surface area contributed by atoms with Crippen molar-refractivity contribution in [2.75, 3.05) is 13.3 Å². The number of ether oxygens (including phenoxy) is 2. The molecule has 5 heteroatoms. The molecule has 0 fully saturated rings. The maximum Gasteiger partial charge on any atom is 0.231 e. The summed E-state index contributed by atoms with van der Waals surface area (Å²) in [4.78, 5) is 0. The lowest BCUT2D eigenvalue weighted by Gasteiger charge is -2.17. The summed E-state index contributed by atoms with van der Waals surface area (Å²) in [6.45, 7) is 0.128. The third kappa shape index (κ3) is 1.77. The molecule has 0 aliphatic carbocycles. The Morgan fingerprint density at radius 1 is 1.33 bits per heavy atom. The van der Waals surface area contributed by atoms with Crippen LogP contribution in [0.3, 0.4) is 0 Å². The molecule has 5 nitrogen and oxygen atoms in total. The molecule has 0 spiro atoms. The van der Waals surface area contributed by atoms with Gasteiger partial charge >= 0.3 is 0 Å². The molecule has 0 saturated carbocycles. The van der Waals surface area contributed by atoms with E-state index in [2.05, 4.69) is 0 Å². The van der Waals surface area contributed by atoms with Crippen LogP contribution in [0.25, 0.3) is 0 Å². The van der Waals surface area contributed by atoms with Crippen LogP contribution in [0.5, 0.6) is 11.5 Å². The molecule has 2 atom stereocenters. The van der Waals surface area contributed by atoms with Gasteiger partial charge in [-0.15, -0.1) is 0 Å². The van der Waals surface area contributed by atoms with Crippen LogP contribution >= 0.6 is 0 Å². The molecule has 0 aromatic heterocycles. The fourth-order valence-corrected chi connectivity index (χ4v) is 1.52. The highest BCUT2D eigenvalue weighted by molar-refractivity contribution is 5.49. The lowest BCUT2D eigenvalue weighted by Crippen LogP contribution is -2.27. The molecular formula is C10H13NO4. The van der Waals surface area contributed by atoms with E-state index in [4.69, 9.17) is 15.2 Å². The van der Waals surface area contributed by atoms with Gasteiger partial charge in [-0.3, -0.25) is 0 Å². The number of aliphatic hydroxyl groups excluding tert-OH is 2. The van der Waals surface area contributed by atoms with Crippen molar-refractivity contribution in [3.63, 3.8) is 0 Å². The predicted molar refractivity (Wildman–Crippen MR) is 52.6 cm³/mol. The first-order valence-electron chi connectivity index (χ1n) is 4.68. The number of rotatable bonds is 3. The van der Waals surface area contributed by atoms with E-state index in [1.165, 1.54) is 0 Å². The van der Waals surface area contributed by atoms with Gasteiger partial charge in [0.2, 0.25) is 6.79 Å². The summed E-state index contributed by atoms with van der Waals surface area (Å²) >= 11 is 0. The van der Waals surface area contributed by atoms with E-state index in [9.17, 15) is 10.2 Å². The third-order valence-corrected chi connectivity index (χ3v) is 2.35. The zero-order valence-electron chi connectivity index (χ0n) is 8.09. The molecule has 4 N–H and O–H groups in total. The van der Waals surface area contributed by atoms with E-state index in [0.29, 0.717) is 17.1 Å². The van der Waals surface area contributed by atoms with Crippen LogP contribution < -0.4 is 15.2 Å². The van der Waals surface area contributed by atoms with Gasteiger partial charge in [-0.2, -0.15) is 0 Å². The van der Waals surface area contributed by atoms with E-state index in [-0.39, 0.29) is 13.3 Å². The summed E-state index contributed by atoms with van der Waals surface area (Å²) in [5.41, 5.74) is 5.78. The summed E-state index contributed by atoms with van der Waals surface area (Å²) in [5, 5.41) is 19.2. The zero-order valence-corrected chi connectivity index (χ0v) is 8.09. The van der Waals surface area contributed by atoms with Crippen molar-refractivity contribution >= 4 is 0 Å². The van der Waals surface area contributed by atoms with Gasteiger partial charge in [-0.05, 0) is 6.07 Å². The molecule has 1 aromatic rings. The minimum atomic E-state index is -1.05. The first kappa shape index (κ1) is 10.2. The standard InChI is InChI=1S/C10H13NO4/c11-4-7(12)9(13)6-2-1-3-8-10(6)15-5-14-8/h1-3,7,9,12-13H,4-5,11H2. The van der Waals surface area contributed by atoms with Crippen molar-refractivity contribution in [3.05, 3.63) is 23.8 Å². The van der Waals surface area contributed by atoms with Gasteiger partial charge in [0, 0.05) is 12.1 Å². The maximum atomic E-state index is 9.79. The van der Waals surface area contributed by atoms with E-state index < -0.39 is 12.2 Å². The number of fused-ring (bicyclic) bond motifs is 1. The largest absolute Gasteiger partial charge is 0.454 e. The minimum absolute atomic E-state index is 0.00824. The van der Waals surface area contributed by atoms with E-state index >= 15 is 0 Å². The molecule has 2 unspecified atom stereocenters. The van der Waals surface area contributed by atoms with Crippen molar-refractivity contribution in [2.45, 2.75) is 12.2 Å². The third-order valence-electron chi connectivity index (χ3n) is 2.35. The molecular weight excluding hydrogens is 198 g/mol. The number of para-hydroxylation sites is 1. The first-order chi connectivity index (χ1) is 7.24. The number of hydrogen-bond acceptors (Lipinski definition) is 5. The van der Waals surface area contributed by atoms with Crippen LogP contribution in [0.1, 0.15) is 11.7 Å². The second kappa shape index (κ2) is 4.06. The van der Waals surface area contributed by atoms with Gasteiger partial charge in [0.15, 0.2) is 11.5 Å². The molecule has 2 rings (SSSR count). The monoisotopic (exact) mass is 211 g/mol. The molecule has 0 bridgehead atoms. The van der Waals surface area contributed by atoms with Crippen LogP contribution in [-0.4, -0.2) is 29.7 Å². The Kier molecular flexibility index (Phi) is 2.77. The summed E-state index contributed by atoms with van der Waals surface area (Å²) < 4.78 is 10.4. The molecule has 15 heavy (non-hydrogen) atoms. The molecule has 1 aliphatic rings. The number of aliphatic hydroxyl groups is 2. The van der Waals surface area contributed by atoms with Crippen LogP contribution in [-0.2, 0) is 0 Å². The normalized spacial score (nSPS) is 17.5. The smallest absolute Gasteiger partial charge is 0.231 e. The molecule has 82 valence electrons. The van der Waals surface area contributed by atoms with E-state index in [0.717, 1.165) is 0 Å². The fraction of sp³-hybridized carbons (Fsp3) is 0.400. The van der Waals surface area contributed by atoms with Gasteiger partial charge in [-0.1, -0.05) is 12.1 Å². The average molecular weight is 211 g/mol. The Hall–Kier alpha value is -1.30. The fourth-order valence-electron chi connectivity index (χ4n) is 1.52. The van der Waals surface area contributed by atoms with Crippen LogP contribution in [0.15, 0.2) is 18.2 Å². The summed E-state index contributed by atoms with van der Waals surface area (Å²) in [6.07, 6.45) is -2.05. The first-order valence-corrected chi connectivity index (χ1v) is 4.68. The van der Waals surface area contributed by atoms with Crippen molar-refractivity contribution in [3.8, 4) is 11.5 Å². The number of nitrogens with two attached hydrogens (primary N) is 1. The summed E-state index contributed by atoms with van der Waals surface area (Å²) in [5.74, 6) is 1.06. The summed E-state index contributed by atoms with van der Waals surface area (Å²) in [6, 6.07) is 5.15.